The number of carbonyl (C=O) groups is 2. The fourth-order valence-electron chi connectivity index (χ4n) is 2.48. The van der Waals surface area contributed by atoms with Gasteiger partial charge in [-0.3, -0.25) is 0 Å². The minimum absolute atomic E-state index is 0.0310. The van der Waals surface area contributed by atoms with Gasteiger partial charge in [0.1, 0.15) is 0 Å². The minimum atomic E-state index is -1.12. The highest BCUT2D eigenvalue weighted by Gasteiger charge is 2.30. The lowest BCUT2D eigenvalue weighted by Gasteiger charge is -2.25. The topological polar surface area (TPSA) is 78.4 Å². The van der Waals surface area contributed by atoms with Crippen molar-refractivity contribution in [1.29, 1.82) is 0 Å². The lowest BCUT2D eigenvalue weighted by atomic mass is 10.0. The predicted molar refractivity (Wildman–Crippen MR) is 77.4 cm³/mol. The van der Waals surface area contributed by atoms with Crippen LogP contribution in [0.5, 0.6) is 0 Å². The third kappa shape index (κ3) is 3.42. The van der Waals surface area contributed by atoms with Crippen molar-refractivity contribution in [2.24, 2.45) is 0 Å². The fourth-order valence-corrected chi connectivity index (χ4v) is 2.68. The Morgan fingerprint density at radius 1 is 1.30 bits per heavy atom. The first-order valence-electron chi connectivity index (χ1n) is 6.52. The summed E-state index contributed by atoms with van der Waals surface area (Å²) in [6, 6.07) is 4.05. The van der Waals surface area contributed by atoms with Crippen LogP contribution in [0.15, 0.2) is 18.2 Å². The average Bonchev–Trinajstić information content (AvgIpc) is 2.77. The molecule has 1 aromatic rings. The first-order chi connectivity index (χ1) is 9.39. The molecule has 0 atom stereocenters. The van der Waals surface area contributed by atoms with Crippen molar-refractivity contribution in [1.82, 2.24) is 5.32 Å². The van der Waals surface area contributed by atoms with Gasteiger partial charge >= 0.3 is 12.0 Å². The number of aromatic carboxylic acids is 1. The standard InChI is InChI=1S/C14H17ClN2O3/c1-14(6-2-3-7-14)17-13(20)16-9-4-5-11(15)10(8-9)12(18)19/h4-5,8H,2-3,6-7H2,1H3,(H,18,19)(H2,16,17,20). The quantitative estimate of drug-likeness (QED) is 0.799. The molecular weight excluding hydrogens is 280 g/mol. The Hall–Kier alpha value is -1.75. The number of hydrogen-bond donors (Lipinski definition) is 3. The Labute approximate surface area is 122 Å². The van der Waals surface area contributed by atoms with Crippen LogP contribution in [-0.4, -0.2) is 22.6 Å². The van der Waals surface area contributed by atoms with Crippen LogP contribution in [0.2, 0.25) is 5.02 Å². The molecule has 0 spiro atoms. The SMILES string of the molecule is CC1(NC(=O)Nc2ccc(Cl)c(C(=O)O)c2)CCCC1. The van der Waals surface area contributed by atoms with Crippen molar-refractivity contribution < 1.29 is 14.7 Å². The third-order valence-electron chi connectivity index (χ3n) is 3.58. The van der Waals surface area contributed by atoms with Gasteiger partial charge in [-0.25, -0.2) is 9.59 Å². The maximum absolute atomic E-state index is 11.9. The van der Waals surface area contributed by atoms with Crippen LogP contribution in [0.4, 0.5) is 10.5 Å². The lowest BCUT2D eigenvalue weighted by molar-refractivity contribution is 0.0697. The summed E-state index contributed by atoms with van der Waals surface area (Å²) in [4.78, 5) is 22.9. The van der Waals surface area contributed by atoms with Crippen LogP contribution in [0.3, 0.4) is 0 Å². The van der Waals surface area contributed by atoms with E-state index in [-0.39, 0.29) is 22.2 Å². The summed E-state index contributed by atoms with van der Waals surface area (Å²) in [5.74, 6) is -1.12. The number of halogens is 1. The van der Waals surface area contributed by atoms with Crippen LogP contribution in [0, 0.1) is 0 Å². The van der Waals surface area contributed by atoms with Gasteiger partial charge in [-0.05, 0) is 38.0 Å². The maximum atomic E-state index is 11.9. The molecule has 1 aliphatic carbocycles. The summed E-state index contributed by atoms with van der Waals surface area (Å²) >= 11 is 5.78. The molecule has 1 saturated carbocycles. The summed E-state index contributed by atoms with van der Waals surface area (Å²) in [5.41, 5.74) is 0.203. The molecule has 3 N–H and O–H groups in total. The largest absolute Gasteiger partial charge is 0.478 e. The number of carbonyl (C=O) groups excluding carboxylic acids is 1. The molecule has 2 amide bonds. The van der Waals surface area contributed by atoms with E-state index in [0.29, 0.717) is 5.69 Å². The van der Waals surface area contributed by atoms with Gasteiger partial charge in [0.15, 0.2) is 0 Å². The monoisotopic (exact) mass is 296 g/mol. The van der Waals surface area contributed by atoms with E-state index in [1.807, 2.05) is 6.92 Å². The number of hydrogen-bond acceptors (Lipinski definition) is 2. The van der Waals surface area contributed by atoms with Crippen molar-refractivity contribution in [3.05, 3.63) is 28.8 Å². The van der Waals surface area contributed by atoms with Crippen molar-refractivity contribution >= 4 is 29.3 Å². The molecule has 2 rings (SSSR count). The van der Waals surface area contributed by atoms with E-state index >= 15 is 0 Å². The van der Waals surface area contributed by atoms with Gasteiger partial charge in [0, 0.05) is 11.2 Å². The molecule has 1 aromatic carbocycles. The van der Waals surface area contributed by atoms with Gasteiger partial charge in [0.2, 0.25) is 0 Å². The van der Waals surface area contributed by atoms with E-state index in [2.05, 4.69) is 10.6 Å². The van der Waals surface area contributed by atoms with Crippen molar-refractivity contribution in [3.63, 3.8) is 0 Å². The van der Waals surface area contributed by atoms with Crippen molar-refractivity contribution in [3.8, 4) is 0 Å². The second kappa shape index (κ2) is 5.71. The Bertz CT molecular complexity index is 539. The van der Waals surface area contributed by atoms with Gasteiger partial charge in [0.05, 0.1) is 10.6 Å². The molecule has 0 saturated heterocycles. The number of carboxylic acid groups (broad SMARTS) is 1. The highest BCUT2D eigenvalue weighted by molar-refractivity contribution is 6.33. The number of benzene rings is 1. The molecule has 1 fully saturated rings. The van der Waals surface area contributed by atoms with E-state index in [0.717, 1.165) is 25.7 Å². The Morgan fingerprint density at radius 3 is 2.55 bits per heavy atom. The zero-order chi connectivity index (χ0) is 14.8. The number of anilines is 1. The molecule has 1 aliphatic rings. The molecular formula is C14H17ClN2O3. The Kier molecular flexibility index (Phi) is 4.18. The second-order valence-electron chi connectivity index (χ2n) is 5.35. The molecule has 0 radical (unpaired) electrons. The predicted octanol–water partition coefficient (Wildman–Crippen LogP) is 3.49. The molecule has 20 heavy (non-hydrogen) atoms. The molecule has 0 aromatic heterocycles. The van der Waals surface area contributed by atoms with E-state index in [9.17, 15) is 9.59 Å². The van der Waals surface area contributed by atoms with Crippen molar-refractivity contribution in [2.75, 3.05) is 5.32 Å². The summed E-state index contributed by atoms with van der Waals surface area (Å²) in [5, 5.41) is 14.7. The fraction of sp³-hybridized carbons (Fsp3) is 0.429. The number of amides is 2. The molecule has 0 unspecified atom stereocenters. The summed E-state index contributed by atoms with van der Waals surface area (Å²) in [6.45, 7) is 2.02. The molecule has 0 heterocycles. The van der Waals surface area contributed by atoms with Crippen LogP contribution >= 0.6 is 11.6 Å². The van der Waals surface area contributed by atoms with Gasteiger partial charge in [-0.15, -0.1) is 0 Å². The van der Waals surface area contributed by atoms with Crippen LogP contribution in [0.25, 0.3) is 0 Å². The summed E-state index contributed by atoms with van der Waals surface area (Å²) in [6.07, 6.45) is 4.14. The Balaban J connectivity index is 2.04. The average molecular weight is 297 g/mol. The number of nitrogens with one attached hydrogen (secondary N) is 2. The van der Waals surface area contributed by atoms with E-state index in [1.54, 1.807) is 6.07 Å². The van der Waals surface area contributed by atoms with Gasteiger partial charge in [0.25, 0.3) is 0 Å². The van der Waals surface area contributed by atoms with E-state index in [4.69, 9.17) is 16.7 Å². The molecule has 6 heteroatoms. The smallest absolute Gasteiger partial charge is 0.337 e. The van der Waals surface area contributed by atoms with Crippen LogP contribution in [-0.2, 0) is 0 Å². The molecule has 0 bridgehead atoms. The minimum Gasteiger partial charge on any atom is -0.478 e. The highest BCUT2D eigenvalue weighted by Crippen LogP contribution is 2.29. The van der Waals surface area contributed by atoms with E-state index < -0.39 is 5.97 Å². The normalized spacial score (nSPS) is 16.7. The zero-order valence-electron chi connectivity index (χ0n) is 11.2. The first kappa shape index (κ1) is 14.7. The van der Waals surface area contributed by atoms with Crippen molar-refractivity contribution in [2.45, 2.75) is 38.1 Å². The summed E-state index contributed by atoms with van der Waals surface area (Å²) < 4.78 is 0. The first-order valence-corrected chi connectivity index (χ1v) is 6.89. The Morgan fingerprint density at radius 2 is 1.95 bits per heavy atom. The van der Waals surface area contributed by atoms with E-state index in [1.165, 1.54) is 12.1 Å². The maximum Gasteiger partial charge on any atom is 0.337 e. The zero-order valence-corrected chi connectivity index (χ0v) is 12.0. The number of urea groups is 1. The molecule has 5 nitrogen and oxygen atoms in total. The summed E-state index contributed by atoms with van der Waals surface area (Å²) in [7, 11) is 0. The lowest BCUT2D eigenvalue weighted by Crippen LogP contribution is -2.45. The van der Waals surface area contributed by atoms with Gasteiger partial charge < -0.3 is 15.7 Å². The van der Waals surface area contributed by atoms with Crippen LogP contribution in [0.1, 0.15) is 43.0 Å². The number of rotatable bonds is 3. The highest BCUT2D eigenvalue weighted by atomic mass is 35.5. The molecule has 108 valence electrons. The third-order valence-corrected chi connectivity index (χ3v) is 3.91. The molecule has 0 aliphatic heterocycles. The number of carboxylic acids is 1. The van der Waals surface area contributed by atoms with Crippen LogP contribution < -0.4 is 10.6 Å². The van der Waals surface area contributed by atoms with Gasteiger partial charge in [-0.1, -0.05) is 24.4 Å². The second-order valence-corrected chi connectivity index (χ2v) is 5.75. The van der Waals surface area contributed by atoms with Gasteiger partial charge in [-0.2, -0.15) is 0 Å².